The summed E-state index contributed by atoms with van der Waals surface area (Å²) < 4.78 is 23.4. The lowest BCUT2D eigenvalue weighted by Crippen LogP contribution is -2.37. The van der Waals surface area contributed by atoms with Gasteiger partial charge in [0.1, 0.15) is 18.1 Å². The van der Waals surface area contributed by atoms with E-state index in [1.165, 1.54) is 30.2 Å². The highest BCUT2D eigenvalue weighted by atomic mass is 19.1. The Balaban J connectivity index is 1.81. The third-order valence-corrected chi connectivity index (χ3v) is 3.92. The van der Waals surface area contributed by atoms with Gasteiger partial charge in [-0.1, -0.05) is 6.07 Å². The van der Waals surface area contributed by atoms with Crippen LogP contribution in [-0.2, 0) is 14.3 Å². The molecule has 2 atom stereocenters. The van der Waals surface area contributed by atoms with Crippen LogP contribution >= 0.6 is 0 Å². The van der Waals surface area contributed by atoms with Crippen molar-refractivity contribution in [3.05, 3.63) is 54.2 Å². The Kier molecular flexibility index (Phi) is 4.14. The number of esters is 1. The lowest BCUT2D eigenvalue weighted by Gasteiger charge is -2.21. The van der Waals surface area contributed by atoms with E-state index in [9.17, 15) is 14.0 Å². The summed E-state index contributed by atoms with van der Waals surface area (Å²) in [7, 11) is 1.25. The van der Waals surface area contributed by atoms with Crippen LogP contribution in [0.5, 0.6) is 0 Å². The SMILES string of the molecule is COC(=O)CN(C(=O)C1CC1c1ccco1)c1cccc(F)c1. The van der Waals surface area contributed by atoms with Gasteiger partial charge >= 0.3 is 5.97 Å². The highest BCUT2D eigenvalue weighted by Crippen LogP contribution is 2.49. The predicted molar refractivity (Wildman–Crippen MR) is 80.3 cm³/mol. The maximum absolute atomic E-state index is 13.5. The van der Waals surface area contributed by atoms with Gasteiger partial charge in [0.15, 0.2) is 0 Å². The van der Waals surface area contributed by atoms with E-state index in [1.54, 1.807) is 18.4 Å². The number of hydrogen-bond donors (Lipinski definition) is 0. The molecule has 1 aromatic carbocycles. The number of benzene rings is 1. The normalized spacial score (nSPS) is 19.2. The molecular formula is C17H16FNO4. The van der Waals surface area contributed by atoms with Gasteiger partial charge in [-0.05, 0) is 36.8 Å². The van der Waals surface area contributed by atoms with Crippen LogP contribution in [0.4, 0.5) is 10.1 Å². The highest BCUT2D eigenvalue weighted by Gasteiger charge is 2.48. The number of ether oxygens (including phenoxy) is 1. The summed E-state index contributed by atoms with van der Waals surface area (Å²) in [5.41, 5.74) is 0.338. The van der Waals surface area contributed by atoms with E-state index in [-0.39, 0.29) is 24.3 Å². The second kappa shape index (κ2) is 6.24. The molecule has 0 aliphatic heterocycles. The quantitative estimate of drug-likeness (QED) is 0.796. The Labute approximate surface area is 132 Å². The fraction of sp³-hybridized carbons (Fsp3) is 0.294. The van der Waals surface area contributed by atoms with E-state index < -0.39 is 11.8 Å². The van der Waals surface area contributed by atoms with Gasteiger partial charge in [0.2, 0.25) is 5.91 Å². The Hall–Kier alpha value is -2.63. The van der Waals surface area contributed by atoms with Crippen LogP contribution in [0.3, 0.4) is 0 Å². The van der Waals surface area contributed by atoms with E-state index in [4.69, 9.17) is 4.42 Å². The summed E-state index contributed by atoms with van der Waals surface area (Å²) in [4.78, 5) is 25.6. The predicted octanol–water partition coefficient (Wildman–Crippen LogP) is 2.73. The molecule has 0 bridgehead atoms. The third-order valence-electron chi connectivity index (χ3n) is 3.92. The number of amides is 1. The molecule has 0 N–H and O–H groups in total. The van der Waals surface area contributed by atoms with Crippen LogP contribution < -0.4 is 4.90 Å². The Bertz CT molecular complexity index is 713. The molecule has 0 saturated heterocycles. The molecule has 0 radical (unpaired) electrons. The summed E-state index contributed by atoms with van der Waals surface area (Å²) in [5, 5.41) is 0. The van der Waals surface area contributed by atoms with E-state index in [0.29, 0.717) is 12.1 Å². The average Bonchev–Trinajstić information content (AvgIpc) is 3.16. The highest BCUT2D eigenvalue weighted by molar-refractivity contribution is 6.00. The van der Waals surface area contributed by atoms with E-state index in [1.807, 2.05) is 6.07 Å². The third kappa shape index (κ3) is 3.26. The van der Waals surface area contributed by atoms with Crippen LogP contribution in [0.15, 0.2) is 47.1 Å². The van der Waals surface area contributed by atoms with Crippen molar-refractivity contribution in [2.75, 3.05) is 18.6 Å². The number of carbonyl (C=O) groups is 2. The molecule has 3 rings (SSSR count). The maximum Gasteiger partial charge on any atom is 0.325 e. The van der Waals surface area contributed by atoms with Crippen molar-refractivity contribution in [3.63, 3.8) is 0 Å². The number of methoxy groups -OCH3 is 1. The molecule has 2 unspecified atom stereocenters. The summed E-state index contributed by atoms with van der Waals surface area (Å²) in [6.45, 7) is -0.250. The molecule has 5 nitrogen and oxygen atoms in total. The van der Waals surface area contributed by atoms with Crippen LogP contribution in [-0.4, -0.2) is 25.5 Å². The van der Waals surface area contributed by atoms with Gasteiger partial charge in [-0.2, -0.15) is 0 Å². The van der Waals surface area contributed by atoms with Crippen molar-refractivity contribution in [1.82, 2.24) is 0 Å². The first kappa shape index (κ1) is 15.3. The molecule has 6 heteroatoms. The molecule has 1 fully saturated rings. The van der Waals surface area contributed by atoms with Gasteiger partial charge in [-0.15, -0.1) is 0 Å². The largest absolute Gasteiger partial charge is 0.469 e. The molecule has 1 aromatic heterocycles. The van der Waals surface area contributed by atoms with Crippen LogP contribution in [0.25, 0.3) is 0 Å². The fourth-order valence-electron chi connectivity index (χ4n) is 2.62. The zero-order chi connectivity index (χ0) is 16.4. The Morgan fingerprint density at radius 3 is 2.83 bits per heavy atom. The lowest BCUT2D eigenvalue weighted by molar-refractivity contribution is -0.140. The van der Waals surface area contributed by atoms with Crippen molar-refractivity contribution in [1.29, 1.82) is 0 Å². The van der Waals surface area contributed by atoms with E-state index in [0.717, 1.165) is 5.76 Å². The minimum absolute atomic E-state index is 0.00575. The first-order chi connectivity index (χ1) is 11.1. The van der Waals surface area contributed by atoms with Gasteiger partial charge in [0.25, 0.3) is 0 Å². The molecule has 120 valence electrons. The number of carbonyl (C=O) groups excluding carboxylic acids is 2. The van der Waals surface area contributed by atoms with Gasteiger partial charge in [0, 0.05) is 17.5 Å². The lowest BCUT2D eigenvalue weighted by atomic mass is 10.2. The minimum atomic E-state index is -0.558. The van der Waals surface area contributed by atoms with Crippen molar-refractivity contribution in [2.45, 2.75) is 12.3 Å². The number of anilines is 1. The van der Waals surface area contributed by atoms with Crippen LogP contribution in [0, 0.1) is 11.7 Å². The van der Waals surface area contributed by atoms with Gasteiger partial charge in [-0.3, -0.25) is 9.59 Å². The van der Waals surface area contributed by atoms with Crippen LogP contribution in [0.1, 0.15) is 18.1 Å². The summed E-state index contributed by atoms with van der Waals surface area (Å²) >= 11 is 0. The molecule has 1 amide bonds. The van der Waals surface area contributed by atoms with Crippen molar-refractivity contribution in [3.8, 4) is 0 Å². The van der Waals surface area contributed by atoms with Crippen LogP contribution in [0.2, 0.25) is 0 Å². The standard InChI is InChI=1S/C17H16FNO4/c1-22-16(20)10-19(12-5-2-4-11(18)8-12)17(21)14-9-13(14)15-6-3-7-23-15/h2-8,13-14H,9-10H2,1H3. The van der Waals surface area contributed by atoms with Crippen molar-refractivity contribution in [2.24, 2.45) is 5.92 Å². The monoisotopic (exact) mass is 317 g/mol. The average molecular weight is 317 g/mol. The fourth-order valence-corrected chi connectivity index (χ4v) is 2.62. The zero-order valence-corrected chi connectivity index (χ0v) is 12.6. The number of nitrogens with zero attached hydrogens (tertiary/aromatic N) is 1. The molecule has 1 heterocycles. The summed E-state index contributed by atoms with van der Waals surface area (Å²) in [6.07, 6.45) is 2.22. The van der Waals surface area contributed by atoms with E-state index in [2.05, 4.69) is 4.74 Å². The Morgan fingerprint density at radius 1 is 1.35 bits per heavy atom. The first-order valence-corrected chi connectivity index (χ1v) is 7.27. The number of halogens is 1. The molecule has 0 spiro atoms. The molecule has 1 aliphatic carbocycles. The van der Waals surface area contributed by atoms with Gasteiger partial charge in [0.05, 0.1) is 13.4 Å². The number of rotatable bonds is 5. The number of hydrogen-bond acceptors (Lipinski definition) is 4. The minimum Gasteiger partial charge on any atom is -0.469 e. The second-order valence-electron chi connectivity index (χ2n) is 5.44. The first-order valence-electron chi connectivity index (χ1n) is 7.27. The molecule has 2 aromatic rings. The Morgan fingerprint density at radius 2 is 2.17 bits per heavy atom. The van der Waals surface area contributed by atoms with Crippen molar-refractivity contribution >= 4 is 17.6 Å². The summed E-state index contributed by atoms with van der Waals surface area (Å²) in [5.74, 6) is -0.773. The topological polar surface area (TPSA) is 59.8 Å². The number of furan rings is 1. The van der Waals surface area contributed by atoms with Crippen molar-refractivity contribution < 1.29 is 23.1 Å². The molecule has 1 aliphatic rings. The van der Waals surface area contributed by atoms with Gasteiger partial charge < -0.3 is 14.1 Å². The molecular weight excluding hydrogens is 301 g/mol. The maximum atomic E-state index is 13.5. The molecule has 1 saturated carbocycles. The smallest absolute Gasteiger partial charge is 0.325 e. The van der Waals surface area contributed by atoms with Gasteiger partial charge in [-0.25, -0.2) is 4.39 Å². The van der Waals surface area contributed by atoms with E-state index >= 15 is 0 Å². The zero-order valence-electron chi connectivity index (χ0n) is 12.6. The molecule has 23 heavy (non-hydrogen) atoms. The summed E-state index contributed by atoms with van der Waals surface area (Å²) in [6, 6.07) is 9.20. The second-order valence-corrected chi connectivity index (χ2v) is 5.44.